The highest BCUT2D eigenvalue weighted by atomic mass is 16.5. The molecule has 0 fully saturated rings. The van der Waals surface area contributed by atoms with Crippen molar-refractivity contribution in [2.75, 3.05) is 6.54 Å². The summed E-state index contributed by atoms with van der Waals surface area (Å²) in [4.78, 5) is 11.9. The molecule has 1 heterocycles. The van der Waals surface area contributed by atoms with Gasteiger partial charge in [0.1, 0.15) is 11.9 Å². The van der Waals surface area contributed by atoms with Crippen LogP contribution in [0.3, 0.4) is 0 Å². The Morgan fingerprint density at radius 3 is 2.80 bits per heavy atom. The predicted octanol–water partition coefficient (Wildman–Crippen LogP) is 1.87. The van der Waals surface area contributed by atoms with E-state index in [9.17, 15) is 4.79 Å². The van der Waals surface area contributed by atoms with Crippen LogP contribution in [0.2, 0.25) is 0 Å². The van der Waals surface area contributed by atoms with Gasteiger partial charge in [-0.2, -0.15) is 0 Å². The maximum absolute atomic E-state index is 11.9. The van der Waals surface area contributed by atoms with Gasteiger partial charge >= 0.3 is 0 Å². The van der Waals surface area contributed by atoms with Crippen molar-refractivity contribution in [2.45, 2.75) is 45.8 Å². The molecule has 2 rings (SSSR count). The number of nitrogens with one attached hydrogen (secondary N) is 1. The van der Waals surface area contributed by atoms with Crippen LogP contribution >= 0.6 is 0 Å². The topological polar surface area (TPSA) is 64.4 Å². The highest BCUT2D eigenvalue weighted by Crippen LogP contribution is 2.27. The first-order chi connectivity index (χ1) is 9.36. The first kappa shape index (κ1) is 14.9. The molecule has 1 aromatic rings. The summed E-state index contributed by atoms with van der Waals surface area (Å²) in [5.41, 5.74) is 7.16. The first-order valence-corrected chi connectivity index (χ1v) is 7.13. The number of fused-ring (bicyclic) bond motifs is 1. The highest BCUT2D eigenvalue weighted by molar-refractivity contribution is 5.76. The average Bonchev–Trinajstić information content (AvgIpc) is 2.78. The zero-order valence-corrected chi connectivity index (χ0v) is 12.5. The molecule has 1 aliphatic heterocycles. The molecule has 4 heteroatoms. The lowest BCUT2D eigenvalue weighted by molar-refractivity contribution is -0.122. The molecule has 3 N–H and O–H groups in total. The minimum atomic E-state index is -0.135. The quantitative estimate of drug-likeness (QED) is 0.882. The lowest BCUT2D eigenvalue weighted by Crippen LogP contribution is -2.42. The molecule has 0 radical (unpaired) electrons. The summed E-state index contributed by atoms with van der Waals surface area (Å²) in [5.74, 6) is 0.921. The number of nitrogens with two attached hydrogens (primary N) is 1. The van der Waals surface area contributed by atoms with Gasteiger partial charge in [0.05, 0.1) is 6.54 Å². The molecule has 0 saturated carbocycles. The van der Waals surface area contributed by atoms with Crippen LogP contribution in [-0.2, 0) is 11.2 Å². The molecule has 20 heavy (non-hydrogen) atoms. The number of carbonyl (C=O) groups excluding carboxylic acids is 1. The summed E-state index contributed by atoms with van der Waals surface area (Å²) in [7, 11) is 0. The molecule has 0 bridgehead atoms. The molecule has 4 nitrogen and oxygen atoms in total. The van der Waals surface area contributed by atoms with Gasteiger partial charge in [-0.15, -0.1) is 0 Å². The van der Waals surface area contributed by atoms with Crippen molar-refractivity contribution < 1.29 is 9.53 Å². The Morgan fingerprint density at radius 2 is 2.15 bits per heavy atom. The zero-order chi connectivity index (χ0) is 14.8. The lowest BCUT2D eigenvalue weighted by Gasteiger charge is -2.26. The number of hydrogen-bond acceptors (Lipinski definition) is 3. The van der Waals surface area contributed by atoms with Crippen molar-refractivity contribution in [3.05, 3.63) is 29.8 Å². The second kappa shape index (κ2) is 5.83. The number of amides is 1. The van der Waals surface area contributed by atoms with E-state index in [0.717, 1.165) is 12.2 Å². The third-order valence-corrected chi connectivity index (χ3v) is 3.76. The van der Waals surface area contributed by atoms with E-state index in [-0.39, 0.29) is 23.5 Å². The van der Waals surface area contributed by atoms with Crippen molar-refractivity contribution in [2.24, 2.45) is 11.1 Å². The van der Waals surface area contributed by atoms with Crippen LogP contribution < -0.4 is 15.8 Å². The van der Waals surface area contributed by atoms with E-state index in [2.05, 4.69) is 11.4 Å². The molecule has 0 aromatic heterocycles. The van der Waals surface area contributed by atoms with Gasteiger partial charge < -0.3 is 15.8 Å². The van der Waals surface area contributed by atoms with Gasteiger partial charge in [0.25, 0.3) is 0 Å². The fraction of sp³-hybridized carbons (Fsp3) is 0.562. The number of hydrogen-bond donors (Lipinski definition) is 2. The monoisotopic (exact) mass is 276 g/mol. The van der Waals surface area contributed by atoms with Gasteiger partial charge in [0.15, 0.2) is 0 Å². The van der Waals surface area contributed by atoms with E-state index in [1.807, 2.05) is 39.0 Å². The molecule has 1 amide bonds. The van der Waals surface area contributed by atoms with Crippen molar-refractivity contribution in [1.82, 2.24) is 5.32 Å². The Morgan fingerprint density at radius 1 is 1.45 bits per heavy atom. The molecular formula is C16H24N2O2. The SMILES string of the molecule is CC(C)(C)C(N)CC(=O)NCC1Cc2ccccc2O1. The largest absolute Gasteiger partial charge is 0.488 e. The summed E-state index contributed by atoms with van der Waals surface area (Å²) in [6, 6.07) is 7.86. The maximum atomic E-state index is 11.9. The van der Waals surface area contributed by atoms with E-state index >= 15 is 0 Å². The fourth-order valence-corrected chi connectivity index (χ4v) is 2.17. The normalized spacial score (nSPS) is 19.1. The molecule has 2 unspecified atom stereocenters. The van der Waals surface area contributed by atoms with Gasteiger partial charge in [-0.3, -0.25) is 4.79 Å². The Balaban J connectivity index is 1.76. The number of ether oxygens (including phenoxy) is 1. The Labute approximate surface area is 120 Å². The molecule has 0 aliphatic carbocycles. The molecule has 110 valence electrons. The first-order valence-electron chi connectivity index (χ1n) is 7.13. The van der Waals surface area contributed by atoms with E-state index in [0.29, 0.717) is 13.0 Å². The van der Waals surface area contributed by atoms with Crippen LogP contribution in [-0.4, -0.2) is 24.6 Å². The summed E-state index contributed by atoms with van der Waals surface area (Å²) < 4.78 is 5.78. The summed E-state index contributed by atoms with van der Waals surface area (Å²) in [6.45, 7) is 6.66. The van der Waals surface area contributed by atoms with Crippen LogP contribution in [0.4, 0.5) is 0 Å². The highest BCUT2D eigenvalue weighted by Gasteiger charge is 2.25. The van der Waals surface area contributed by atoms with Crippen molar-refractivity contribution >= 4 is 5.91 Å². The smallest absolute Gasteiger partial charge is 0.221 e. The summed E-state index contributed by atoms with van der Waals surface area (Å²) in [6.07, 6.45) is 1.23. The van der Waals surface area contributed by atoms with E-state index in [1.54, 1.807) is 0 Å². The van der Waals surface area contributed by atoms with E-state index in [1.165, 1.54) is 5.56 Å². The Hall–Kier alpha value is -1.55. The predicted molar refractivity (Wildman–Crippen MR) is 79.6 cm³/mol. The van der Waals surface area contributed by atoms with Crippen molar-refractivity contribution in [3.8, 4) is 5.75 Å². The summed E-state index contributed by atoms with van der Waals surface area (Å²) >= 11 is 0. The van der Waals surface area contributed by atoms with Crippen LogP contribution in [0, 0.1) is 5.41 Å². The van der Waals surface area contributed by atoms with Gasteiger partial charge in [0, 0.05) is 18.9 Å². The fourth-order valence-electron chi connectivity index (χ4n) is 2.17. The second-order valence-electron chi connectivity index (χ2n) is 6.53. The molecule has 0 spiro atoms. The van der Waals surface area contributed by atoms with Crippen LogP contribution in [0.5, 0.6) is 5.75 Å². The van der Waals surface area contributed by atoms with Crippen LogP contribution in [0.15, 0.2) is 24.3 Å². The second-order valence-corrected chi connectivity index (χ2v) is 6.53. The standard InChI is InChI=1S/C16H24N2O2/c1-16(2,3)14(17)9-15(19)18-10-12-8-11-6-4-5-7-13(11)20-12/h4-7,12,14H,8-10,17H2,1-3H3,(H,18,19). The molecular weight excluding hydrogens is 252 g/mol. The average molecular weight is 276 g/mol. The van der Waals surface area contributed by atoms with Crippen LogP contribution in [0.25, 0.3) is 0 Å². The Kier molecular flexibility index (Phi) is 4.33. The molecule has 2 atom stereocenters. The zero-order valence-electron chi connectivity index (χ0n) is 12.5. The minimum absolute atomic E-state index is 0.00742. The molecule has 1 aromatic carbocycles. The number of benzene rings is 1. The van der Waals surface area contributed by atoms with Gasteiger partial charge in [-0.05, 0) is 17.0 Å². The van der Waals surface area contributed by atoms with Crippen LogP contribution in [0.1, 0.15) is 32.8 Å². The third-order valence-electron chi connectivity index (χ3n) is 3.76. The van der Waals surface area contributed by atoms with Crippen molar-refractivity contribution in [1.29, 1.82) is 0 Å². The maximum Gasteiger partial charge on any atom is 0.221 e. The Bertz CT molecular complexity index is 455. The van der Waals surface area contributed by atoms with Gasteiger partial charge in [-0.1, -0.05) is 39.0 Å². The van der Waals surface area contributed by atoms with Gasteiger partial charge in [0.2, 0.25) is 5.91 Å². The third kappa shape index (κ3) is 3.73. The lowest BCUT2D eigenvalue weighted by atomic mass is 9.85. The van der Waals surface area contributed by atoms with Gasteiger partial charge in [-0.25, -0.2) is 0 Å². The minimum Gasteiger partial charge on any atom is -0.488 e. The number of rotatable bonds is 4. The molecule has 1 aliphatic rings. The molecule has 0 saturated heterocycles. The van der Waals surface area contributed by atoms with E-state index < -0.39 is 0 Å². The van der Waals surface area contributed by atoms with Crippen molar-refractivity contribution in [3.63, 3.8) is 0 Å². The van der Waals surface area contributed by atoms with E-state index in [4.69, 9.17) is 10.5 Å². The number of para-hydroxylation sites is 1. The number of carbonyl (C=O) groups is 1. The summed E-state index contributed by atoms with van der Waals surface area (Å²) in [5, 5.41) is 2.92.